The Morgan fingerprint density at radius 1 is 1.50 bits per heavy atom. The van der Waals surface area contributed by atoms with Crippen LogP contribution in [0.1, 0.15) is 0 Å². The van der Waals surface area contributed by atoms with E-state index in [0.29, 0.717) is 0 Å². The van der Waals surface area contributed by atoms with Gasteiger partial charge in [-0.25, -0.2) is 5.43 Å². The van der Waals surface area contributed by atoms with Gasteiger partial charge in [-0.05, 0) is 0 Å². The maximum Gasteiger partial charge on any atom is 0.273 e. The lowest BCUT2D eigenvalue weighted by Gasteiger charge is -2.00. The molecule has 0 aromatic rings. The van der Waals surface area contributed by atoms with Gasteiger partial charge in [-0.2, -0.15) is 0 Å². The molecule has 0 aromatic carbocycles. The summed E-state index contributed by atoms with van der Waals surface area (Å²) in [6.45, 7) is 7.06. The Labute approximate surface area is 73.4 Å². The number of nitrogens with one attached hydrogen (secondary N) is 2. The summed E-state index contributed by atoms with van der Waals surface area (Å²) in [6, 6.07) is 0. The summed E-state index contributed by atoms with van der Waals surface area (Å²) in [5.41, 5.74) is 5.64. The Balaban J connectivity index is 4.02. The molecule has 0 bridgehead atoms. The Morgan fingerprint density at radius 2 is 2.17 bits per heavy atom. The molecule has 63 valence electrons. The van der Waals surface area contributed by atoms with Gasteiger partial charge in [0, 0.05) is 7.05 Å². The first-order valence-electron chi connectivity index (χ1n) is 3.51. The molecule has 2 N–H and O–H groups in total. The van der Waals surface area contributed by atoms with Crippen molar-refractivity contribution in [3.63, 3.8) is 0 Å². The van der Waals surface area contributed by atoms with Crippen molar-refractivity contribution in [1.29, 1.82) is 0 Å². The maximum absolute atomic E-state index is 10.9. The number of allylic oxidation sites excluding steroid dienone is 4. The molecule has 0 aliphatic rings. The normalized spacial score (nSPS) is 10.2. The number of carbonyl (C=O) groups excluding carboxylic acids is 1. The van der Waals surface area contributed by atoms with Crippen molar-refractivity contribution < 1.29 is 4.79 Å². The third-order valence-electron chi connectivity index (χ3n) is 1.09. The summed E-state index contributed by atoms with van der Waals surface area (Å²) in [5, 5.41) is 0. The lowest BCUT2D eigenvalue weighted by molar-refractivity contribution is 0.256. The Hall–Kier alpha value is -1.29. The molecule has 0 aliphatic carbocycles. The fourth-order valence-corrected chi connectivity index (χ4v) is 0.622. The molecular weight excluding hydrogens is 151 g/mol. The van der Waals surface area contributed by atoms with Gasteiger partial charge in [0.2, 0.25) is 0 Å². The minimum absolute atomic E-state index is 0.217. The second kappa shape index (κ2) is 6.43. The highest BCUT2D eigenvalue weighted by molar-refractivity contribution is 6.79. The Kier molecular flexibility index (Phi) is 5.74. The largest absolute Gasteiger partial charge is 0.301 e. The van der Waals surface area contributed by atoms with Crippen molar-refractivity contribution in [2.24, 2.45) is 0 Å². The third kappa shape index (κ3) is 4.52. The number of hydrogen-bond donors (Lipinski definition) is 2. The van der Waals surface area contributed by atoms with E-state index in [9.17, 15) is 4.79 Å². The van der Waals surface area contributed by atoms with Crippen LogP contribution in [0.5, 0.6) is 0 Å². The SMILES string of the molecule is C=C/C=C(/[B]C(=O)NNC)C=C. The average molecular weight is 163 g/mol. The first-order valence-corrected chi connectivity index (χ1v) is 3.51. The van der Waals surface area contributed by atoms with Crippen LogP contribution in [0.2, 0.25) is 0 Å². The molecule has 1 radical (unpaired) electrons. The second-order valence-corrected chi connectivity index (χ2v) is 1.99. The van der Waals surface area contributed by atoms with E-state index in [2.05, 4.69) is 24.0 Å². The maximum atomic E-state index is 10.9. The van der Waals surface area contributed by atoms with Gasteiger partial charge < -0.3 is 5.43 Å². The van der Waals surface area contributed by atoms with Crippen molar-refractivity contribution in [3.05, 3.63) is 36.9 Å². The third-order valence-corrected chi connectivity index (χ3v) is 1.09. The van der Waals surface area contributed by atoms with Crippen LogP contribution in [0.4, 0.5) is 4.79 Å². The van der Waals surface area contributed by atoms with Crippen LogP contribution in [0.25, 0.3) is 0 Å². The highest BCUT2D eigenvalue weighted by Crippen LogP contribution is 1.93. The molecule has 0 fully saturated rings. The molecule has 12 heavy (non-hydrogen) atoms. The molecule has 3 nitrogen and oxygen atoms in total. The minimum Gasteiger partial charge on any atom is -0.301 e. The van der Waals surface area contributed by atoms with E-state index in [4.69, 9.17) is 0 Å². The molecule has 1 amide bonds. The molecule has 0 saturated heterocycles. The Morgan fingerprint density at radius 3 is 2.58 bits per heavy atom. The van der Waals surface area contributed by atoms with Crippen LogP contribution in [0, 0.1) is 0 Å². The van der Waals surface area contributed by atoms with Crippen LogP contribution < -0.4 is 10.9 Å². The van der Waals surface area contributed by atoms with Crippen molar-refractivity contribution >= 4 is 13.1 Å². The molecule has 0 spiro atoms. The molecule has 0 atom stereocenters. The van der Waals surface area contributed by atoms with Gasteiger partial charge in [-0.15, -0.1) is 0 Å². The molecule has 0 aromatic heterocycles. The quantitative estimate of drug-likeness (QED) is 0.357. The number of hydrogen-bond acceptors (Lipinski definition) is 2. The van der Waals surface area contributed by atoms with Crippen LogP contribution in [-0.4, -0.2) is 20.1 Å². The van der Waals surface area contributed by atoms with Crippen LogP contribution in [0.3, 0.4) is 0 Å². The predicted octanol–water partition coefficient (Wildman–Crippen LogP) is 0.790. The van der Waals surface area contributed by atoms with Gasteiger partial charge in [0.05, 0.1) is 0 Å². The number of carbonyl (C=O) groups is 1. The van der Waals surface area contributed by atoms with Gasteiger partial charge in [0.1, 0.15) is 0 Å². The Bertz CT molecular complexity index is 211. The van der Waals surface area contributed by atoms with E-state index in [0.717, 1.165) is 5.47 Å². The van der Waals surface area contributed by atoms with Gasteiger partial charge in [-0.1, -0.05) is 36.9 Å². The molecule has 4 heteroatoms. The predicted molar refractivity (Wildman–Crippen MR) is 51.8 cm³/mol. The summed E-state index contributed by atoms with van der Waals surface area (Å²) in [7, 11) is 3.04. The van der Waals surface area contributed by atoms with Gasteiger partial charge in [0.15, 0.2) is 5.81 Å². The van der Waals surface area contributed by atoms with Crippen molar-refractivity contribution in [2.45, 2.75) is 0 Å². The van der Waals surface area contributed by atoms with Crippen molar-refractivity contribution in [3.8, 4) is 0 Å². The standard InChI is InChI=1S/C8H12BN2O/c1-4-6-7(5-2)9-8(12)11-10-3/h4-6,10H,1-2H2,3H3,(H,11,12)/b7-6+. The smallest absolute Gasteiger partial charge is 0.273 e. The number of amides is 1. The van der Waals surface area contributed by atoms with Crippen molar-refractivity contribution in [2.75, 3.05) is 7.05 Å². The van der Waals surface area contributed by atoms with E-state index < -0.39 is 0 Å². The number of rotatable bonds is 5. The highest BCUT2D eigenvalue weighted by atomic mass is 16.2. The zero-order chi connectivity index (χ0) is 9.40. The lowest BCUT2D eigenvalue weighted by atomic mass is 9.68. The van der Waals surface area contributed by atoms with E-state index in [1.807, 2.05) is 0 Å². The van der Waals surface area contributed by atoms with Gasteiger partial charge in [0.25, 0.3) is 7.28 Å². The summed E-state index contributed by atoms with van der Waals surface area (Å²) in [6.07, 6.45) is 4.87. The molecule has 0 unspecified atom stereocenters. The molecular formula is C8H12BN2O. The summed E-state index contributed by atoms with van der Waals surface area (Å²) in [4.78, 5) is 10.9. The monoisotopic (exact) mass is 163 g/mol. The summed E-state index contributed by atoms with van der Waals surface area (Å²) in [5.74, 6) is -0.217. The highest BCUT2D eigenvalue weighted by Gasteiger charge is 2.03. The second-order valence-electron chi connectivity index (χ2n) is 1.99. The topological polar surface area (TPSA) is 41.1 Å². The lowest BCUT2D eigenvalue weighted by Crippen LogP contribution is -2.37. The van der Waals surface area contributed by atoms with Crippen LogP contribution in [0.15, 0.2) is 36.9 Å². The zero-order valence-electron chi connectivity index (χ0n) is 7.13. The van der Waals surface area contributed by atoms with Gasteiger partial charge >= 0.3 is 0 Å². The zero-order valence-corrected chi connectivity index (χ0v) is 7.13. The first kappa shape index (κ1) is 10.7. The molecule has 0 rings (SSSR count). The molecule has 0 saturated carbocycles. The summed E-state index contributed by atoms with van der Waals surface area (Å²) < 4.78 is 0. The number of hydrazine groups is 1. The van der Waals surface area contributed by atoms with E-state index in [1.54, 1.807) is 25.3 Å². The fraction of sp³-hybridized carbons (Fsp3) is 0.125. The van der Waals surface area contributed by atoms with Gasteiger partial charge in [-0.3, -0.25) is 4.79 Å². The first-order chi connectivity index (χ1) is 5.74. The summed E-state index contributed by atoms with van der Waals surface area (Å²) >= 11 is 0. The van der Waals surface area contributed by atoms with Crippen LogP contribution >= 0.6 is 0 Å². The fourth-order valence-electron chi connectivity index (χ4n) is 0.622. The minimum atomic E-state index is -0.217. The van der Waals surface area contributed by atoms with E-state index in [-0.39, 0.29) is 5.81 Å². The van der Waals surface area contributed by atoms with E-state index in [1.165, 1.54) is 7.28 Å². The van der Waals surface area contributed by atoms with Crippen LogP contribution in [-0.2, 0) is 0 Å². The molecule has 0 aliphatic heterocycles. The molecule has 0 heterocycles. The van der Waals surface area contributed by atoms with Crippen molar-refractivity contribution in [1.82, 2.24) is 10.9 Å². The average Bonchev–Trinajstić information content (AvgIpc) is 2.04. The van der Waals surface area contributed by atoms with E-state index >= 15 is 0 Å².